The highest BCUT2D eigenvalue weighted by Gasteiger charge is 2.16. The lowest BCUT2D eigenvalue weighted by molar-refractivity contribution is 0.0496. The summed E-state index contributed by atoms with van der Waals surface area (Å²) in [7, 11) is 0. The fourth-order valence-electron chi connectivity index (χ4n) is 2.23. The van der Waals surface area contributed by atoms with Crippen LogP contribution in [0, 0.1) is 0 Å². The maximum Gasteiger partial charge on any atom is 0.422 e. The zero-order valence-electron chi connectivity index (χ0n) is 13.6. The van der Waals surface area contributed by atoms with E-state index in [1.165, 1.54) is 0 Å². The summed E-state index contributed by atoms with van der Waals surface area (Å²) in [4.78, 5) is 16.2. The number of hydrazine groups is 1. The van der Waals surface area contributed by atoms with Crippen molar-refractivity contribution in [1.82, 2.24) is 20.4 Å². The van der Waals surface area contributed by atoms with E-state index in [-0.39, 0.29) is 0 Å². The van der Waals surface area contributed by atoms with Gasteiger partial charge in [-0.05, 0) is 39.3 Å². The van der Waals surface area contributed by atoms with E-state index in [0.29, 0.717) is 6.54 Å². The number of imidazole rings is 1. The third-order valence-corrected chi connectivity index (χ3v) is 3.02. The lowest BCUT2D eigenvalue weighted by Crippen LogP contribution is -2.41. The van der Waals surface area contributed by atoms with Gasteiger partial charge in [0.25, 0.3) is 0 Å². The molecule has 0 fully saturated rings. The molecule has 0 spiro atoms. The first-order chi connectivity index (χ1) is 10.4. The smallest absolute Gasteiger partial charge is 0.422 e. The van der Waals surface area contributed by atoms with Gasteiger partial charge in [0.05, 0.1) is 17.6 Å². The Kier molecular flexibility index (Phi) is 5.03. The van der Waals surface area contributed by atoms with Crippen molar-refractivity contribution in [3.05, 3.63) is 30.1 Å². The SMILES string of the molecule is CCCn1c(CNNC(=O)OC(C)(C)C)nc2ccccc21. The van der Waals surface area contributed by atoms with Gasteiger partial charge in [-0.2, -0.15) is 0 Å². The third kappa shape index (κ3) is 4.21. The first-order valence-electron chi connectivity index (χ1n) is 7.56. The summed E-state index contributed by atoms with van der Waals surface area (Å²) < 4.78 is 7.34. The minimum atomic E-state index is -0.513. The average molecular weight is 304 g/mol. The molecule has 1 aromatic carbocycles. The van der Waals surface area contributed by atoms with Crippen LogP contribution >= 0.6 is 0 Å². The number of carbonyl (C=O) groups excluding carboxylic acids is 1. The largest absolute Gasteiger partial charge is 0.443 e. The molecule has 0 saturated heterocycles. The summed E-state index contributed by atoms with van der Waals surface area (Å²) in [6.07, 6.45) is 0.526. The molecule has 22 heavy (non-hydrogen) atoms. The Morgan fingerprint density at radius 1 is 1.32 bits per heavy atom. The number of ether oxygens (including phenoxy) is 1. The van der Waals surface area contributed by atoms with E-state index in [2.05, 4.69) is 33.4 Å². The van der Waals surface area contributed by atoms with Crippen LogP contribution < -0.4 is 10.9 Å². The van der Waals surface area contributed by atoms with Gasteiger partial charge in [0.1, 0.15) is 11.4 Å². The van der Waals surface area contributed by atoms with Gasteiger partial charge in [-0.3, -0.25) is 5.43 Å². The van der Waals surface area contributed by atoms with Gasteiger partial charge >= 0.3 is 6.09 Å². The number of benzene rings is 1. The lowest BCUT2D eigenvalue weighted by atomic mass is 10.2. The fraction of sp³-hybridized carbons (Fsp3) is 0.500. The second-order valence-corrected chi connectivity index (χ2v) is 6.15. The van der Waals surface area contributed by atoms with E-state index in [9.17, 15) is 4.79 Å². The average Bonchev–Trinajstić information content (AvgIpc) is 2.76. The number of hydrogen-bond donors (Lipinski definition) is 2. The van der Waals surface area contributed by atoms with Crippen LogP contribution in [0.2, 0.25) is 0 Å². The molecular weight excluding hydrogens is 280 g/mol. The van der Waals surface area contributed by atoms with Crippen molar-refractivity contribution >= 4 is 17.1 Å². The summed E-state index contributed by atoms with van der Waals surface area (Å²) in [5.41, 5.74) is 6.97. The second kappa shape index (κ2) is 6.79. The van der Waals surface area contributed by atoms with Crippen LogP contribution in [0.1, 0.15) is 39.9 Å². The number of carbonyl (C=O) groups is 1. The predicted molar refractivity (Wildman–Crippen MR) is 86.2 cm³/mol. The van der Waals surface area contributed by atoms with Gasteiger partial charge in [-0.25, -0.2) is 15.2 Å². The first kappa shape index (κ1) is 16.3. The molecule has 1 amide bonds. The Morgan fingerprint density at radius 3 is 2.73 bits per heavy atom. The highest BCUT2D eigenvalue weighted by atomic mass is 16.6. The van der Waals surface area contributed by atoms with E-state index >= 15 is 0 Å². The molecule has 2 rings (SSSR count). The standard InChI is InChI=1S/C16H24N4O2/c1-5-10-20-13-9-7-6-8-12(13)18-14(20)11-17-19-15(21)22-16(2,3)4/h6-9,17H,5,10-11H2,1-4H3,(H,19,21). The van der Waals surface area contributed by atoms with Crippen LogP contribution in [0.15, 0.2) is 24.3 Å². The van der Waals surface area contributed by atoms with Gasteiger partial charge in [0.2, 0.25) is 0 Å². The van der Waals surface area contributed by atoms with Crippen molar-refractivity contribution < 1.29 is 9.53 Å². The molecule has 1 aromatic heterocycles. The minimum Gasteiger partial charge on any atom is -0.443 e. The van der Waals surface area contributed by atoms with Gasteiger partial charge < -0.3 is 9.30 Å². The molecule has 120 valence electrons. The maximum atomic E-state index is 11.6. The van der Waals surface area contributed by atoms with Crippen LogP contribution in [0.25, 0.3) is 11.0 Å². The molecule has 0 radical (unpaired) electrons. The number of hydrogen-bond acceptors (Lipinski definition) is 4. The van der Waals surface area contributed by atoms with Crippen LogP contribution in [0.4, 0.5) is 4.79 Å². The molecule has 6 heteroatoms. The van der Waals surface area contributed by atoms with Crippen LogP contribution in [-0.2, 0) is 17.8 Å². The van der Waals surface area contributed by atoms with Crippen LogP contribution in [-0.4, -0.2) is 21.2 Å². The highest BCUT2D eigenvalue weighted by Crippen LogP contribution is 2.16. The second-order valence-electron chi connectivity index (χ2n) is 6.15. The molecule has 0 aliphatic carbocycles. The van der Waals surface area contributed by atoms with E-state index in [1.54, 1.807) is 0 Å². The van der Waals surface area contributed by atoms with Gasteiger partial charge in [-0.1, -0.05) is 19.1 Å². The third-order valence-electron chi connectivity index (χ3n) is 3.02. The summed E-state index contributed by atoms with van der Waals surface area (Å²) in [6, 6.07) is 8.03. The van der Waals surface area contributed by atoms with Gasteiger partial charge in [0.15, 0.2) is 0 Å². The number of rotatable bonds is 5. The molecule has 0 aliphatic heterocycles. The molecule has 0 saturated carbocycles. The normalized spacial score (nSPS) is 11.6. The van der Waals surface area contributed by atoms with E-state index in [1.807, 2.05) is 39.0 Å². The summed E-state index contributed by atoms with van der Waals surface area (Å²) in [5.74, 6) is 0.888. The Hall–Kier alpha value is -2.08. The Labute approximate surface area is 130 Å². The topological polar surface area (TPSA) is 68.2 Å². The number of aryl methyl sites for hydroxylation is 1. The Morgan fingerprint density at radius 2 is 2.05 bits per heavy atom. The van der Waals surface area contributed by atoms with Crippen molar-refractivity contribution in [2.45, 2.75) is 52.8 Å². The van der Waals surface area contributed by atoms with Crippen molar-refractivity contribution in [1.29, 1.82) is 0 Å². The number of fused-ring (bicyclic) bond motifs is 1. The Bertz CT molecular complexity index is 643. The monoisotopic (exact) mass is 304 g/mol. The van der Waals surface area contributed by atoms with E-state index in [4.69, 9.17) is 4.74 Å². The lowest BCUT2D eigenvalue weighted by Gasteiger charge is -2.19. The van der Waals surface area contributed by atoms with Crippen molar-refractivity contribution in [2.75, 3.05) is 0 Å². The molecule has 0 unspecified atom stereocenters. The van der Waals surface area contributed by atoms with Crippen molar-refractivity contribution in [2.24, 2.45) is 0 Å². The maximum absolute atomic E-state index is 11.6. The van der Waals surface area contributed by atoms with Crippen LogP contribution in [0.5, 0.6) is 0 Å². The molecule has 2 aromatic rings. The molecule has 0 aliphatic rings. The molecule has 6 nitrogen and oxygen atoms in total. The number of para-hydroxylation sites is 2. The summed E-state index contributed by atoms with van der Waals surface area (Å²) in [5, 5.41) is 0. The summed E-state index contributed by atoms with van der Waals surface area (Å²) >= 11 is 0. The molecular formula is C16H24N4O2. The first-order valence-corrected chi connectivity index (χ1v) is 7.56. The van der Waals surface area contributed by atoms with Crippen molar-refractivity contribution in [3.63, 3.8) is 0 Å². The fourth-order valence-corrected chi connectivity index (χ4v) is 2.23. The number of aromatic nitrogens is 2. The minimum absolute atomic E-state index is 0.438. The quantitative estimate of drug-likeness (QED) is 0.833. The Balaban J connectivity index is 2.02. The molecule has 2 N–H and O–H groups in total. The van der Waals surface area contributed by atoms with Crippen LogP contribution in [0.3, 0.4) is 0 Å². The van der Waals surface area contributed by atoms with Gasteiger partial charge in [-0.15, -0.1) is 0 Å². The van der Waals surface area contributed by atoms with E-state index < -0.39 is 11.7 Å². The highest BCUT2D eigenvalue weighted by molar-refractivity contribution is 5.75. The summed E-state index contributed by atoms with van der Waals surface area (Å²) in [6.45, 7) is 8.94. The number of nitrogens with zero attached hydrogens (tertiary/aromatic N) is 2. The molecule has 0 bridgehead atoms. The number of nitrogens with one attached hydrogen (secondary N) is 2. The predicted octanol–water partition coefficient (Wildman–Crippen LogP) is 2.98. The van der Waals surface area contributed by atoms with Crippen molar-refractivity contribution in [3.8, 4) is 0 Å². The van der Waals surface area contributed by atoms with Gasteiger partial charge in [0, 0.05) is 6.54 Å². The van der Waals surface area contributed by atoms with E-state index in [0.717, 1.165) is 29.8 Å². The molecule has 0 atom stereocenters. The number of amides is 1. The molecule has 1 heterocycles. The zero-order valence-corrected chi connectivity index (χ0v) is 13.6. The zero-order chi connectivity index (χ0) is 16.2.